The van der Waals surface area contributed by atoms with Crippen molar-refractivity contribution < 1.29 is 5.11 Å². The topological polar surface area (TPSA) is 20.2 Å². The molecule has 4 aliphatic carbocycles. The summed E-state index contributed by atoms with van der Waals surface area (Å²) in [4.78, 5) is 0. The second-order valence-corrected chi connectivity index (χ2v) is 7.67. The minimum atomic E-state index is -0.320. The lowest BCUT2D eigenvalue weighted by Gasteiger charge is -2.58. The molecule has 1 N–H and O–H groups in total. The Kier molecular flexibility index (Phi) is 2.72. The van der Waals surface area contributed by atoms with Crippen molar-refractivity contribution in [3.8, 4) is 0 Å². The Balaban J connectivity index is 1.68. The fourth-order valence-electron chi connectivity index (χ4n) is 5.54. The van der Waals surface area contributed by atoms with Gasteiger partial charge in [0.1, 0.15) is 0 Å². The Morgan fingerprint density at radius 1 is 1.05 bits per heavy atom. The van der Waals surface area contributed by atoms with Crippen LogP contribution in [0.15, 0.2) is 24.3 Å². The standard InChI is InChI=1S/C17H21ClO/c18-15-3-1-2-14(7-15)16(19)17-8-11-4-12(9-17)6-13(5-11)10-17/h1-3,7,11-13,16,19H,4-6,8-10H2. The molecule has 0 heterocycles. The number of halogens is 1. The lowest BCUT2D eigenvalue weighted by atomic mass is 9.47. The first-order valence-electron chi connectivity index (χ1n) is 7.58. The fraction of sp³-hybridized carbons (Fsp3) is 0.647. The van der Waals surface area contributed by atoms with Crippen LogP contribution >= 0.6 is 11.6 Å². The van der Waals surface area contributed by atoms with E-state index in [2.05, 4.69) is 0 Å². The van der Waals surface area contributed by atoms with Crippen molar-refractivity contribution in [2.75, 3.05) is 0 Å². The van der Waals surface area contributed by atoms with Crippen molar-refractivity contribution in [1.82, 2.24) is 0 Å². The average molecular weight is 277 g/mol. The maximum atomic E-state index is 11.0. The van der Waals surface area contributed by atoms with Gasteiger partial charge in [0.05, 0.1) is 6.10 Å². The van der Waals surface area contributed by atoms with Gasteiger partial charge in [0, 0.05) is 10.4 Å². The van der Waals surface area contributed by atoms with Crippen LogP contribution < -0.4 is 0 Å². The van der Waals surface area contributed by atoms with Crippen molar-refractivity contribution >= 4 is 11.6 Å². The Hall–Kier alpha value is -0.530. The third-order valence-electron chi connectivity index (χ3n) is 5.83. The van der Waals surface area contributed by atoms with Crippen molar-refractivity contribution in [1.29, 1.82) is 0 Å². The van der Waals surface area contributed by atoms with Gasteiger partial charge in [-0.1, -0.05) is 23.7 Å². The second-order valence-electron chi connectivity index (χ2n) is 7.24. The SMILES string of the molecule is OC(c1cccc(Cl)c1)C12CC3CC(CC(C3)C1)C2. The van der Waals surface area contributed by atoms with Gasteiger partial charge in [-0.3, -0.25) is 0 Å². The van der Waals surface area contributed by atoms with Crippen LogP contribution in [-0.4, -0.2) is 5.11 Å². The molecule has 0 aliphatic heterocycles. The van der Waals surface area contributed by atoms with Crippen LogP contribution in [0.3, 0.4) is 0 Å². The van der Waals surface area contributed by atoms with Gasteiger partial charge < -0.3 is 5.11 Å². The number of rotatable bonds is 2. The molecular formula is C17H21ClO. The van der Waals surface area contributed by atoms with Gasteiger partial charge in [0.15, 0.2) is 0 Å². The van der Waals surface area contributed by atoms with Crippen molar-refractivity contribution in [3.63, 3.8) is 0 Å². The Morgan fingerprint density at radius 2 is 1.63 bits per heavy atom. The molecular weight excluding hydrogens is 256 g/mol. The molecule has 0 radical (unpaired) electrons. The molecule has 0 amide bonds. The highest BCUT2D eigenvalue weighted by Gasteiger charge is 2.54. The average Bonchev–Trinajstić information content (AvgIpc) is 2.36. The highest BCUT2D eigenvalue weighted by Crippen LogP contribution is 2.64. The number of hydrogen-bond donors (Lipinski definition) is 1. The van der Waals surface area contributed by atoms with Gasteiger partial charge in [-0.05, 0) is 74.0 Å². The third kappa shape index (κ3) is 1.94. The van der Waals surface area contributed by atoms with Crippen LogP contribution in [0.1, 0.15) is 50.2 Å². The van der Waals surface area contributed by atoms with Crippen molar-refractivity contribution in [3.05, 3.63) is 34.9 Å². The van der Waals surface area contributed by atoms with E-state index in [9.17, 15) is 5.11 Å². The molecule has 1 nitrogen and oxygen atoms in total. The molecule has 19 heavy (non-hydrogen) atoms. The molecule has 4 aliphatic rings. The van der Waals surface area contributed by atoms with E-state index in [0.29, 0.717) is 0 Å². The van der Waals surface area contributed by atoms with Crippen LogP contribution in [0.25, 0.3) is 0 Å². The number of hydrogen-bond acceptors (Lipinski definition) is 1. The molecule has 1 unspecified atom stereocenters. The van der Waals surface area contributed by atoms with Gasteiger partial charge in [-0.25, -0.2) is 0 Å². The summed E-state index contributed by atoms with van der Waals surface area (Å²) < 4.78 is 0. The molecule has 0 aromatic heterocycles. The third-order valence-corrected chi connectivity index (χ3v) is 6.07. The highest BCUT2D eigenvalue weighted by molar-refractivity contribution is 6.30. The molecule has 0 saturated heterocycles. The molecule has 4 bridgehead atoms. The van der Waals surface area contributed by atoms with E-state index in [1.54, 1.807) is 0 Å². The van der Waals surface area contributed by atoms with Crippen molar-refractivity contribution in [2.24, 2.45) is 23.2 Å². The smallest absolute Gasteiger partial charge is 0.0847 e. The molecule has 4 fully saturated rings. The second kappa shape index (κ2) is 4.23. The Morgan fingerprint density at radius 3 is 2.16 bits per heavy atom. The van der Waals surface area contributed by atoms with E-state index in [4.69, 9.17) is 11.6 Å². The monoisotopic (exact) mass is 276 g/mol. The van der Waals surface area contributed by atoms with Crippen LogP contribution in [0.2, 0.25) is 5.02 Å². The lowest BCUT2D eigenvalue weighted by Crippen LogP contribution is -2.48. The number of aliphatic hydroxyl groups excluding tert-OH is 1. The zero-order valence-electron chi connectivity index (χ0n) is 11.2. The first-order valence-corrected chi connectivity index (χ1v) is 7.96. The molecule has 102 valence electrons. The van der Waals surface area contributed by atoms with Crippen LogP contribution in [0.5, 0.6) is 0 Å². The summed E-state index contributed by atoms with van der Waals surface area (Å²) in [5.41, 5.74) is 1.17. The van der Waals surface area contributed by atoms with E-state index >= 15 is 0 Å². The highest BCUT2D eigenvalue weighted by atomic mass is 35.5. The Bertz CT molecular complexity index is 461. The van der Waals surface area contributed by atoms with Gasteiger partial charge in [0.25, 0.3) is 0 Å². The zero-order chi connectivity index (χ0) is 13.0. The van der Waals surface area contributed by atoms with E-state index in [0.717, 1.165) is 28.3 Å². The molecule has 5 rings (SSSR count). The van der Waals surface area contributed by atoms with Gasteiger partial charge in [-0.2, -0.15) is 0 Å². The quantitative estimate of drug-likeness (QED) is 0.838. The molecule has 4 saturated carbocycles. The summed E-state index contributed by atoms with van der Waals surface area (Å²) >= 11 is 6.09. The predicted octanol–water partition coefficient (Wildman–Crippen LogP) is 4.59. The zero-order valence-corrected chi connectivity index (χ0v) is 11.9. The van der Waals surface area contributed by atoms with Gasteiger partial charge >= 0.3 is 0 Å². The van der Waals surface area contributed by atoms with E-state index < -0.39 is 0 Å². The van der Waals surface area contributed by atoms with E-state index in [1.165, 1.54) is 38.5 Å². The summed E-state index contributed by atoms with van der Waals surface area (Å²) in [5.74, 6) is 2.63. The van der Waals surface area contributed by atoms with Crippen LogP contribution in [0, 0.1) is 23.2 Å². The summed E-state index contributed by atoms with van der Waals surface area (Å²) in [6, 6.07) is 7.83. The van der Waals surface area contributed by atoms with Crippen molar-refractivity contribution in [2.45, 2.75) is 44.6 Å². The molecule has 1 atom stereocenters. The first-order chi connectivity index (χ1) is 9.14. The predicted molar refractivity (Wildman–Crippen MR) is 77.0 cm³/mol. The molecule has 1 aromatic carbocycles. The minimum Gasteiger partial charge on any atom is -0.388 e. The summed E-state index contributed by atoms with van der Waals surface area (Å²) in [6.07, 6.45) is 7.62. The first kappa shape index (κ1) is 12.2. The molecule has 2 heteroatoms. The summed E-state index contributed by atoms with van der Waals surface area (Å²) in [7, 11) is 0. The van der Waals surface area contributed by atoms with E-state index in [-0.39, 0.29) is 11.5 Å². The van der Waals surface area contributed by atoms with Gasteiger partial charge in [-0.15, -0.1) is 0 Å². The van der Waals surface area contributed by atoms with Crippen LogP contribution in [-0.2, 0) is 0 Å². The maximum absolute atomic E-state index is 11.0. The normalized spacial score (nSPS) is 41.5. The number of benzene rings is 1. The maximum Gasteiger partial charge on any atom is 0.0847 e. The van der Waals surface area contributed by atoms with E-state index in [1.807, 2.05) is 24.3 Å². The van der Waals surface area contributed by atoms with Gasteiger partial charge in [0.2, 0.25) is 0 Å². The van der Waals surface area contributed by atoms with Crippen LogP contribution in [0.4, 0.5) is 0 Å². The summed E-state index contributed by atoms with van der Waals surface area (Å²) in [6.45, 7) is 0. The lowest BCUT2D eigenvalue weighted by molar-refractivity contribution is -0.122. The summed E-state index contributed by atoms with van der Waals surface area (Å²) in [5, 5.41) is 11.7. The molecule has 0 spiro atoms. The Labute approximate surface area is 120 Å². The number of aliphatic hydroxyl groups is 1. The molecule has 1 aromatic rings. The minimum absolute atomic E-state index is 0.152. The largest absolute Gasteiger partial charge is 0.388 e. The fourth-order valence-corrected chi connectivity index (χ4v) is 5.74.